The lowest BCUT2D eigenvalue weighted by atomic mass is 10.1. The molecule has 7 aromatic carbocycles. The second-order valence-corrected chi connectivity index (χ2v) is 12.7. The lowest BCUT2D eigenvalue weighted by Gasteiger charge is -2.16. The highest BCUT2D eigenvalue weighted by Crippen LogP contribution is 2.43. The second-order valence-electron chi connectivity index (χ2n) is 12.7. The van der Waals surface area contributed by atoms with Crippen LogP contribution < -0.4 is 0 Å². The van der Waals surface area contributed by atoms with Gasteiger partial charge in [-0.3, -0.25) is 0 Å². The highest BCUT2D eigenvalue weighted by molar-refractivity contribution is 6.19. The zero-order chi connectivity index (χ0) is 33.1. The molecule has 0 N–H and O–H groups in total. The first kappa shape index (κ1) is 26.8. The van der Waals surface area contributed by atoms with Crippen molar-refractivity contribution in [3.05, 3.63) is 150 Å². The van der Waals surface area contributed by atoms with Crippen LogP contribution in [0.2, 0.25) is 0 Å². The summed E-state index contributed by atoms with van der Waals surface area (Å²) >= 11 is 0. The molecule has 50 heavy (non-hydrogen) atoms. The number of para-hydroxylation sites is 4. The van der Waals surface area contributed by atoms with E-state index in [0.717, 1.165) is 87.5 Å². The Morgan fingerprint density at radius 1 is 0.460 bits per heavy atom. The molecule has 0 unspecified atom stereocenters. The number of rotatable bonds is 2. The number of nitrogens with zero attached hydrogens (tertiary/aromatic N) is 4. The van der Waals surface area contributed by atoms with E-state index in [1.54, 1.807) is 0 Å². The lowest BCUT2D eigenvalue weighted by Crippen LogP contribution is -2.01. The molecule has 11 aromatic rings. The van der Waals surface area contributed by atoms with E-state index in [1.807, 2.05) is 72.8 Å². The largest absolute Gasteiger partial charge is 0.456 e. The molecule has 4 heterocycles. The Kier molecular flexibility index (Phi) is 5.16. The summed E-state index contributed by atoms with van der Waals surface area (Å²) in [4.78, 5) is 4.10. The quantitative estimate of drug-likeness (QED) is 0.177. The van der Waals surface area contributed by atoms with E-state index in [1.165, 1.54) is 0 Å². The van der Waals surface area contributed by atoms with Gasteiger partial charge in [0.05, 0.1) is 45.6 Å². The van der Waals surface area contributed by atoms with Crippen LogP contribution in [0.3, 0.4) is 0 Å². The first-order chi connectivity index (χ1) is 24.7. The van der Waals surface area contributed by atoms with Crippen LogP contribution in [0.15, 0.2) is 142 Å². The maximum atomic E-state index is 10.8. The fourth-order valence-electron chi connectivity index (χ4n) is 8.00. The van der Waals surface area contributed by atoms with Gasteiger partial charge in [-0.05, 0) is 60.7 Å². The fourth-order valence-corrected chi connectivity index (χ4v) is 8.00. The Balaban J connectivity index is 1.23. The summed E-state index contributed by atoms with van der Waals surface area (Å²) in [5.41, 5.74) is 9.29. The summed E-state index contributed by atoms with van der Waals surface area (Å²) in [6, 6.07) is 47.2. The van der Waals surface area contributed by atoms with Gasteiger partial charge in [0.2, 0.25) is 5.69 Å². The molecule has 230 valence electrons. The molecule has 6 heteroatoms. The monoisotopic (exact) mass is 638 g/mol. The third-order valence-corrected chi connectivity index (χ3v) is 10.2. The average molecular weight is 639 g/mol. The zero-order valence-electron chi connectivity index (χ0n) is 26.3. The van der Waals surface area contributed by atoms with Crippen molar-refractivity contribution in [1.82, 2.24) is 9.13 Å². The predicted octanol–water partition coefficient (Wildman–Crippen LogP) is 12.1. The molecular weight excluding hydrogens is 617 g/mol. The predicted molar refractivity (Wildman–Crippen MR) is 201 cm³/mol. The van der Waals surface area contributed by atoms with Crippen LogP contribution in [0.5, 0.6) is 0 Å². The van der Waals surface area contributed by atoms with Crippen LogP contribution in [-0.2, 0) is 0 Å². The number of nitriles is 1. The van der Waals surface area contributed by atoms with Gasteiger partial charge in [0.25, 0.3) is 0 Å². The van der Waals surface area contributed by atoms with Crippen molar-refractivity contribution in [3.63, 3.8) is 0 Å². The molecule has 0 radical (unpaired) electrons. The van der Waals surface area contributed by atoms with Crippen LogP contribution in [0.4, 0.5) is 5.69 Å². The maximum absolute atomic E-state index is 10.8. The molecular formula is C44H22N4O2. The smallest absolute Gasteiger partial charge is 0.212 e. The van der Waals surface area contributed by atoms with E-state index in [-0.39, 0.29) is 0 Å². The van der Waals surface area contributed by atoms with Gasteiger partial charge in [-0.15, -0.1) is 0 Å². The van der Waals surface area contributed by atoms with Crippen molar-refractivity contribution >= 4 is 93.2 Å². The molecule has 0 saturated heterocycles. The summed E-state index contributed by atoms with van der Waals surface area (Å²) in [6.07, 6.45) is 0. The van der Waals surface area contributed by atoms with Gasteiger partial charge in [0.15, 0.2) is 0 Å². The number of aromatic nitrogens is 2. The molecule has 0 amide bonds. The van der Waals surface area contributed by atoms with E-state index in [2.05, 4.69) is 80.7 Å². The molecule has 11 rings (SSSR count). The van der Waals surface area contributed by atoms with Crippen LogP contribution in [0.25, 0.3) is 104 Å². The maximum Gasteiger partial charge on any atom is 0.212 e. The number of fused-ring (bicyclic) bond motifs is 12. The highest BCUT2D eigenvalue weighted by Gasteiger charge is 2.23. The number of furan rings is 2. The van der Waals surface area contributed by atoms with Crippen molar-refractivity contribution < 1.29 is 8.83 Å². The van der Waals surface area contributed by atoms with E-state index < -0.39 is 0 Å². The van der Waals surface area contributed by atoms with Crippen molar-refractivity contribution in [2.45, 2.75) is 0 Å². The standard InChI is InChI=1S/C44H22N4O2/c1-46-34-23-37(47-35-14-6-2-10-26(35)30-21-43-32(19-38(30)47)28-12-4-8-16-41(28)49-43)25(24-45)18-40(34)48-36-15-7-3-11-27(36)31-22-44-33(20-39(31)48)29-13-5-9-17-42(29)50-44/h2-23H. The number of hydrogen-bond donors (Lipinski definition) is 0. The van der Waals surface area contributed by atoms with Gasteiger partial charge in [-0.2, -0.15) is 5.26 Å². The molecule has 0 aliphatic rings. The van der Waals surface area contributed by atoms with Gasteiger partial charge < -0.3 is 18.0 Å². The number of hydrogen-bond acceptors (Lipinski definition) is 3. The molecule has 0 atom stereocenters. The summed E-state index contributed by atoms with van der Waals surface area (Å²) < 4.78 is 16.8. The van der Waals surface area contributed by atoms with Crippen LogP contribution in [0, 0.1) is 17.9 Å². The SMILES string of the molecule is [C-]#[N+]c1cc(-n2c3ccccc3c3cc4oc5ccccc5c4cc32)c(C#N)cc1-n1c2ccccc2c2cc3oc4ccccc4c3cc21. The van der Waals surface area contributed by atoms with Crippen LogP contribution in [-0.4, -0.2) is 9.13 Å². The molecule has 0 fully saturated rings. The Labute approximate surface area is 283 Å². The van der Waals surface area contributed by atoms with Crippen LogP contribution >= 0.6 is 0 Å². The molecule has 0 spiro atoms. The molecule has 0 saturated carbocycles. The molecule has 0 aliphatic heterocycles. The third-order valence-electron chi connectivity index (χ3n) is 10.2. The summed E-state index contributed by atoms with van der Waals surface area (Å²) in [7, 11) is 0. The van der Waals surface area contributed by atoms with Gasteiger partial charge in [-0.1, -0.05) is 72.8 Å². The summed E-state index contributed by atoms with van der Waals surface area (Å²) in [5.74, 6) is 0. The first-order valence-corrected chi connectivity index (χ1v) is 16.4. The topological polar surface area (TPSA) is 64.3 Å². The fraction of sp³-hybridized carbons (Fsp3) is 0. The summed E-state index contributed by atoms with van der Waals surface area (Å²) in [5, 5.41) is 19.0. The van der Waals surface area contributed by atoms with Gasteiger partial charge in [-0.25, -0.2) is 4.85 Å². The van der Waals surface area contributed by atoms with Crippen molar-refractivity contribution in [2.75, 3.05) is 0 Å². The normalized spacial score (nSPS) is 12.0. The molecule has 6 nitrogen and oxygen atoms in total. The first-order valence-electron chi connectivity index (χ1n) is 16.4. The van der Waals surface area contributed by atoms with Crippen LogP contribution in [0.1, 0.15) is 5.56 Å². The summed E-state index contributed by atoms with van der Waals surface area (Å²) in [6.45, 7) is 8.46. The molecule has 4 aromatic heterocycles. The molecule has 0 bridgehead atoms. The molecule has 0 aliphatic carbocycles. The number of benzene rings is 7. The van der Waals surface area contributed by atoms with Crippen molar-refractivity contribution in [1.29, 1.82) is 5.26 Å². The van der Waals surface area contributed by atoms with E-state index in [9.17, 15) is 5.26 Å². The van der Waals surface area contributed by atoms with Gasteiger partial charge in [0, 0.05) is 43.1 Å². The van der Waals surface area contributed by atoms with Gasteiger partial charge >= 0.3 is 0 Å². The lowest BCUT2D eigenvalue weighted by molar-refractivity contribution is 0.669. The Morgan fingerprint density at radius 3 is 1.46 bits per heavy atom. The Hall–Kier alpha value is -7.28. The minimum absolute atomic E-state index is 0.444. The minimum atomic E-state index is 0.444. The zero-order valence-corrected chi connectivity index (χ0v) is 26.3. The third kappa shape index (κ3) is 3.44. The van der Waals surface area contributed by atoms with E-state index >= 15 is 0 Å². The Bertz CT molecular complexity index is 3130. The van der Waals surface area contributed by atoms with Crippen molar-refractivity contribution in [3.8, 4) is 17.4 Å². The van der Waals surface area contributed by atoms with E-state index in [0.29, 0.717) is 22.6 Å². The van der Waals surface area contributed by atoms with Gasteiger partial charge in [0.1, 0.15) is 28.4 Å². The minimum Gasteiger partial charge on any atom is -0.456 e. The second kappa shape index (κ2) is 9.64. The highest BCUT2D eigenvalue weighted by atomic mass is 16.3. The Morgan fingerprint density at radius 2 is 0.940 bits per heavy atom. The van der Waals surface area contributed by atoms with E-state index in [4.69, 9.17) is 15.4 Å². The van der Waals surface area contributed by atoms with Crippen molar-refractivity contribution in [2.24, 2.45) is 0 Å². The average Bonchev–Trinajstić information content (AvgIpc) is 3.90.